The number of anilines is 1. The lowest BCUT2D eigenvalue weighted by Crippen LogP contribution is -2.28. The number of hydrogen-bond acceptors (Lipinski definition) is 4. The molecule has 30 heavy (non-hydrogen) atoms. The van der Waals surface area contributed by atoms with Gasteiger partial charge >= 0.3 is 0 Å². The van der Waals surface area contributed by atoms with Crippen LogP contribution in [0.1, 0.15) is 22.3 Å². The first kappa shape index (κ1) is 20.1. The van der Waals surface area contributed by atoms with E-state index in [0.29, 0.717) is 10.1 Å². The van der Waals surface area contributed by atoms with Crippen LogP contribution in [0.3, 0.4) is 0 Å². The van der Waals surface area contributed by atoms with Crippen LogP contribution < -0.4 is 4.90 Å². The highest BCUT2D eigenvalue weighted by molar-refractivity contribution is 8.19. The Kier molecular flexibility index (Phi) is 5.84. The van der Waals surface area contributed by atoms with Crippen LogP contribution in [0.4, 0.5) is 11.4 Å². The zero-order valence-corrected chi connectivity index (χ0v) is 17.7. The molecule has 0 atom stereocenters. The van der Waals surface area contributed by atoms with E-state index in [4.69, 9.17) is 4.99 Å². The average Bonchev–Trinajstić information content (AvgIpc) is 3.05. The SMILES string of the molecule is Cc1ccc(N=C2S/C(=C\c3ccc(CO)cc3)C(=O)N2c2ccc(C)cc2)cc1. The fourth-order valence-electron chi connectivity index (χ4n) is 3.07. The maximum absolute atomic E-state index is 13.3. The Morgan fingerprint density at radius 1 is 0.900 bits per heavy atom. The van der Waals surface area contributed by atoms with Crippen LogP contribution >= 0.6 is 11.8 Å². The Morgan fingerprint density at radius 3 is 2.10 bits per heavy atom. The van der Waals surface area contributed by atoms with Crippen molar-refractivity contribution >= 4 is 40.3 Å². The second-order valence-corrected chi connectivity index (χ2v) is 8.23. The van der Waals surface area contributed by atoms with E-state index >= 15 is 0 Å². The topological polar surface area (TPSA) is 52.9 Å². The van der Waals surface area contributed by atoms with Gasteiger partial charge in [0.2, 0.25) is 0 Å². The molecule has 0 aliphatic carbocycles. The number of thioether (sulfide) groups is 1. The Hall–Kier alpha value is -3.15. The van der Waals surface area contributed by atoms with Crippen molar-refractivity contribution in [1.29, 1.82) is 0 Å². The monoisotopic (exact) mass is 414 g/mol. The Labute approximate surface area is 180 Å². The lowest BCUT2D eigenvalue weighted by Gasteiger charge is -2.16. The van der Waals surface area contributed by atoms with E-state index in [1.165, 1.54) is 11.8 Å². The molecule has 0 saturated carbocycles. The molecule has 0 unspecified atom stereocenters. The highest BCUT2D eigenvalue weighted by Gasteiger charge is 2.34. The van der Waals surface area contributed by atoms with E-state index < -0.39 is 0 Å². The standard InChI is InChI=1S/C25H22N2O2S/c1-17-3-11-21(12-4-17)26-25-27(22-13-5-18(2)6-14-22)24(29)23(30-25)15-19-7-9-20(16-28)10-8-19/h3-15,28H,16H2,1-2H3/b23-15-,26-25?. The van der Waals surface area contributed by atoms with Crippen molar-refractivity contribution < 1.29 is 9.90 Å². The molecule has 1 saturated heterocycles. The summed E-state index contributed by atoms with van der Waals surface area (Å²) in [7, 11) is 0. The molecule has 1 aliphatic heterocycles. The first-order valence-corrected chi connectivity index (χ1v) is 10.5. The number of carbonyl (C=O) groups excluding carboxylic acids is 1. The van der Waals surface area contributed by atoms with Gasteiger partial charge in [-0.15, -0.1) is 0 Å². The average molecular weight is 415 g/mol. The molecule has 3 aromatic carbocycles. The third kappa shape index (κ3) is 4.37. The van der Waals surface area contributed by atoms with E-state index in [9.17, 15) is 9.90 Å². The van der Waals surface area contributed by atoms with Crippen LogP contribution in [0.2, 0.25) is 0 Å². The van der Waals surface area contributed by atoms with Gasteiger partial charge in [0.05, 0.1) is 22.9 Å². The van der Waals surface area contributed by atoms with Crippen molar-refractivity contribution in [1.82, 2.24) is 0 Å². The molecule has 0 bridgehead atoms. The minimum Gasteiger partial charge on any atom is -0.392 e. The zero-order chi connectivity index (χ0) is 21.1. The number of benzene rings is 3. The van der Waals surface area contributed by atoms with Crippen molar-refractivity contribution in [3.8, 4) is 0 Å². The Morgan fingerprint density at radius 2 is 1.50 bits per heavy atom. The molecule has 1 N–H and O–H groups in total. The van der Waals surface area contributed by atoms with Crippen LogP contribution in [0.25, 0.3) is 6.08 Å². The summed E-state index contributed by atoms with van der Waals surface area (Å²) in [5, 5.41) is 9.86. The molecule has 5 heteroatoms. The van der Waals surface area contributed by atoms with Crippen LogP contribution in [-0.4, -0.2) is 16.2 Å². The second kappa shape index (κ2) is 8.69. The molecular weight excluding hydrogens is 392 g/mol. The summed E-state index contributed by atoms with van der Waals surface area (Å²) < 4.78 is 0. The van der Waals surface area contributed by atoms with E-state index in [1.807, 2.05) is 92.7 Å². The first-order chi connectivity index (χ1) is 14.5. The number of aliphatic hydroxyl groups excluding tert-OH is 1. The highest BCUT2D eigenvalue weighted by Crippen LogP contribution is 2.37. The Balaban J connectivity index is 1.74. The van der Waals surface area contributed by atoms with Crippen molar-refractivity contribution in [2.45, 2.75) is 20.5 Å². The number of aliphatic hydroxyl groups is 1. The molecule has 150 valence electrons. The van der Waals surface area contributed by atoms with E-state index in [2.05, 4.69) is 0 Å². The minimum atomic E-state index is -0.0963. The number of aliphatic imine (C=N–C) groups is 1. The molecular formula is C25H22N2O2S. The zero-order valence-electron chi connectivity index (χ0n) is 16.9. The summed E-state index contributed by atoms with van der Waals surface area (Å²) in [4.78, 5) is 20.3. The van der Waals surface area contributed by atoms with Gasteiger partial charge in [-0.1, -0.05) is 59.7 Å². The van der Waals surface area contributed by atoms with Crippen molar-refractivity contribution in [2.75, 3.05) is 4.90 Å². The third-order valence-electron chi connectivity index (χ3n) is 4.82. The van der Waals surface area contributed by atoms with Gasteiger partial charge in [0.25, 0.3) is 5.91 Å². The normalized spacial score (nSPS) is 16.6. The van der Waals surface area contributed by atoms with Crippen LogP contribution in [0.5, 0.6) is 0 Å². The molecule has 1 fully saturated rings. The summed E-state index contributed by atoms with van der Waals surface area (Å²) in [5.74, 6) is -0.0963. The number of carbonyl (C=O) groups is 1. The van der Waals surface area contributed by atoms with Gasteiger partial charge in [0.15, 0.2) is 5.17 Å². The fraction of sp³-hybridized carbons (Fsp3) is 0.120. The third-order valence-corrected chi connectivity index (χ3v) is 5.79. The number of amidine groups is 1. The second-order valence-electron chi connectivity index (χ2n) is 7.22. The van der Waals surface area contributed by atoms with Crippen LogP contribution in [0, 0.1) is 13.8 Å². The van der Waals surface area contributed by atoms with E-state index in [0.717, 1.165) is 33.6 Å². The highest BCUT2D eigenvalue weighted by atomic mass is 32.2. The summed E-state index contributed by atoms with van der Waals surface area (Å²) in [5.41, 5.74) is 5.64. The predicted octanol–water partition coefficient (Wildman–Crippen LogP) is 5.60. The smallest absolute Gasteiger partial charge is 0.271 e. The molecule has 1 aliphatic rings. The maximum Gasteiger partial charge on any atom is 0.271 e. The lowest BCUT2D eigenvalue weighted by molar-refractivity contribution is -0.113. The quantitative estimate of drug-likeness (QED) is 0.565. The van der Waals surface area contributed by atoms with Gasteiger partial charge in [-0.05, 0) is 67.1 Å². The predicted molar refractivity (Wildman–Crippen MR) is 125 cm³/mol. The van der Waals surface area contributed by atoms with Gasteiger partial charge in [-0.25, -0.2) is 4.99 Å². The van der Waals surface area contributed by atoms with Gasteiger partial charge < -0.3 is 5.11 Å². The van der Waals surface area contributed by atoms with Gasteiger partial charge in [0.1, 0.15) is 0 Å². The molecule has 0 radical (unpaired) electrons. The molecule has 4 nitrogen and oxygen atoms in total. The van der Waals surface area contributed by atoms with Crippen LogP contribution in [-0.2, 0) is 11.4 Å². The number of rotatable bonds is 4. The van der Waals surface area contributed by atoms with Gasteiger partial charge in [-0.3, -0.25) is 9.69 Å². The summed E-state index contributed by atoms with van der Waals surface area (Å²) in [6, 6.07) is 23.3. The lowest BCUT2D eigenvalue weighted by atomic mass is 10.1. The summed E-state index contributed by atoms with van der Waals surface area (Å²) in [6.45, 7) is 4.05. The molecule has 0 spiro atoms. The van der Waals surface area contributed by atoms with Gasteiger partial charge in [0, 0.05) is 0 Å². The molecule has 3 aromatic rings. The first-order valence-electron chi connectivity index (χ1n) is 9.69. The molecule has 1 amide bonds. The van der Waals surface area contributed by atoms with Crippen LogP contribution in [0.15, 0.2) is 82.7 Å². The summed E-state index contributed by atoms with van der Waals surface area (Å²) >= 11 is 1.37. The minimum absolute atomic E-state index is 0.000903. The van der Waals surface area contributed by atoms with Gasteiger partial charge in [-0.2, -0.15) is 0 Å². The van der Waals surface area contributed by atoms with Crippen molar-refractivity contribution in [3.05, 3.63) is 100.0 Å². The van der Waals surface area contributed by atoms with E-state index in [1.54, 1.807) is 4.90 Å². The molecule has 1 heterocycles. The fourth-order valence-corrected chi connectivity index (χ4v) is 4.07. The largest absolute Gasteiger partial charge is 0.392 e. The maximum atomic E-state index is 13.3. The number of amides is 1. The van der Waals surface area contributed by atoms with Crippen molar-refractivity contribution in [2.24, 2.45) is 4.99 Å². The number of hydrogen-bond donors (Lipinski definition) is 1. The number of aryl methyl sites for hydroxylation is 2. The van der Waals surface area contributed by atoms with E-state index in [-0.39, 0.29) is 12.5 Å². The summed E-state index contributed by atoms with van der Waals surface area (Å²) in [6.07, 6.45) is 1.87. The molecule has 0 aromatic heterocycles. The van der Waals surface area contributed by atoms with Crippen molar-refractivity contribution in [3.63, 3.8) is 0 Å². The number of nitrogens with zero attached hydrogens (tertiary/aromatic N) is 2. The Bertz CT molecular complexity index is 1120. The molecule has 4 rings (SSSR count).